The molecule has 5 nitrogen and oxygen atoms in total. The van der Waals surface area contributed by atoms with Crippen molar-refractivity contribution in [3.8, 4) is 0 Å². The third kappa shape index (κ3) is 3.81. The lowest BCUT2D eigenvalue weighted by Gasteiger charge is -2.01. The molecule has 1 aromatic heterocycles. The summed E-state index contributed by atoms with van der Waals surface area (Å²) in [4.78, 5) is 26.3. The first-order chi connectivity index (χ1) is 8.04. The second-order valence-corrected chi connectivity index (χ2v) is 3.51. The van der Waals surface area contributed by atoms with Crippen molar-refractivity contribution in [3.63, 3.8) is 0 Å². The predicted octanol–water partition coefficient (Wildman–Crippen LogP) is 1.07. The molecule has 1 aromatic rings. The zero-order valence-corrected chi connectivity index (χ0v) is 9.64. The molecular weight excluding hydrogens is 222 g/mol. The van der Waals surface area contributed by atoms with E-state index in [9.17, 15) is 9.59 Å². The number of aliphatic carboxylic acids is 1. The first-order valence-corrected chi connectivity index (χ1v) is 4.93. The second-order valence-electron chi connectivity index (χ2n) is 3.51. The number of rotatable bonds is 5. The van der Waals surface area contributed by atoms with Crippen molar-refractivity contribution in [1.82, 2.24) is 4.98 Å². The van der Waals surface area contributed by atoms with Crippen molar-refractivity contribution in [3.05, 3.63) is 35.2 Å². The molecule has 0 fully saturated rings. The van der Waals surface area contributed by atoms with E-state index >= 15 is 0 Å². The van der Waals surface area contributed by atoms with Gasteiger partial charge in [0.25, 0.3) is 0 Å². The molecule has 0 saturated heterocycles. The second kappa shape index (κ2) is 5.91. The largest absolute Gasteiger partial charge is 0.478 e. The van der Waals surface area contributed by atoms with Crippen LogP contribution in [-0.4, -0.2) is 35.6 Å². The first-order valence-electron chi connectivity index (χ1n) is 4.93. The molecule has 0 aromatic carbocycles. The van der Waals surface area contributed by atoms with Crippen LogP contribution in [0.2, 0.25) is 0 Å². The van der Waals surface area contributed by atoms with Crippen LogP contribution in [-0.2, 0) is 14.3 Å². The van der Waals surface area contributed by atoms with Crippen LogP contribution in [0.4, 0.5) is 0 Å². The lowest BCUT2D eigenvalue weighted by atomic mass is 10.1. The maximum absolute atomic E-state index is 11.5. The lowest BCUT2D eigenvalue weighted by molar-refractivity contribution is -0.135. The molecule has 0 spiro atoms. The molecule has 0 unspecified atom stereocenters. The van der Waals surface area contributed by atoms with Crippen LogP contribution in [0, 0.1) is 6.92 Å². The number of aryl methyl sites for hydroxylation is 1. The number of carboxylic acids is 1. The highest BCUT2D eigenvalue weighted by atomic mass is 16.5. The molecule has 0 atom stereocenters. The van der Waals surface area contributed by atoms with Gasteiger partial charge in [-0.1, -0.05) is 0 Å². The summed E-state index contributed by atoms with van der Waals surface area (Å²) in [6.45, 7) is 1.58. The van der Waals surface area contributed by atoms with Gasteiger partial charge in [0.05, 0.1) is 0 Å². The number of pyridine rings is 1. The van der Waals surface area contributed by atoms with E-state index in [0.717, 1.165) is 5.56 Å². The molecular formula is C12H13NO4. The molecule has 1 rings (SSSR count). The number of carboxylic acid groups (broad SMARTS) is 1. The van der Waals surface area contributed by atoms with Gasteiger partial charge in [-0.2, -0.15) is 0 Å². The van der Waals surface area contributed by atoms with Crippen molar-refractivity contribution in [2.45, 2.75) is 6.92 Å². The summed E-state index contributed by atoms with van der Waals surface area (Å²) in [5, 5.41) is 8.94. The Balaban J connectivity index is 3.06. The molecule has 1 heterocycles. The van der Waals surface area contributed by atoms with Gasteiger partial charge in [-0.25, -0.2) is 4.79 Å². The van der Waals surface area contributed by atoms with Crippen molar-refractivity contribution >= 4 is 17.8 Å². The average molecular weight is 235 g/mol. The third-order valence-electron chi connectivity index (χ3n) is 2.01. The number of hydrogen-bond donors (Lipinski definition) is 1. The van der Waals surface area contributed by atoms with Crippen molar-refractivity contribution < 1.29 is 19.4 Å². The molecule has 0 aliphatic heterocycles. The van der Waals surface area contributed by atoms with Crippen LogP contribution in [0.1, 0.15) is 11.1 Å². The van der Waals surface area contributed by atoms with E-state index in [0.29, 0.717) is 5.56 Å². The van der Waals surface area contributed by atoms with E-state index in [1.165, 1.54) is 19.4 Å². The van der Waals surface area contributed by atoms with Gasteiger partial charge >= 0.3 is 5.97 Å². The van der Waals surface area contributed by atoms with E-state index in [1.807, 2.05) is 6.92 Å². The van der Waals surface area contributed by atoms with Crippen LogP contribution < -0.4 is 0 Å². The van der Waals surface area contributed by atoms with Gasteiger partial charge in [0.2, 0.25) is 0 Å². The number of hydrogen-bond acceptors (Lipinski definition) is 4. The Hall–Kier alpha value is -2.01. The Morgan fingerprint density at radius 2 is 2.18 bits per heavy atom. The van der Waals surface area contributed by atoms with Crippen LogP contribution in [0.3, 0.4) is 0 Å². The Bertz CT molecular complexity index is 465. The van der Waals surface area contributed by atoms with Crippen molar-refractivity contribution in [1.29, 1.82) is 0 Å². The fourth-order valence-corrected chi connectivity index (χ4v) is 1.29. The highest BCUT2D eigenvalue weighted by molar-refractivity contribution is 6.20. The van der Waals surface area contributed by atoms with Gasteiger partial charge in [0.1, 0.15) is 12.2 Å². The molecule has 0 bridgehead atoms. The molecule has 0 saturated carbocycles. The Labute approximate surface area is 98.7 Å². The molecule has 0 aliphatic rings. The minimum atomic E-state index is -1.27. The van der Waals surface area contributed by atoms with Gasteiger partial charge in [0.15, 0.2) is 5.78 Å². The maximum atomic E-state index is 11.5. The van der Waals surface area contributed by atoms with E-state index < -0.39 is 11.8 Å². The summed E-state index contributed by atoms with van der Waals surface area (Å²) >= 11 is 0. The normalized spacial score (nSPS) is 11.3. The zero-order chi connectivity index (χ0) is 12.8. The van der Waals surface area contributed by atoms with Crippen LogP contribution in [0.25, 0.3) is 6.08 Å². The van der Waals surface area contributed by atoms with Gasteiger partial charge in [0, 0.05) is 19.5 Å². The summed E-state index contributed by atoms with van der Waals surface area (Å²) in [7, 11) is 1.34. The van der Waals surface area contributed by atoms with Crippen LogP contribution in [0.15, 0.2) is 24.0 Å². The van der Waals surface area contributed by atoms with E-state index in [4.69, 9.17) is 5.11 Å². The van der Waals surface area contributed by atoms with Gasteiger partial charge < -0.3 is 9.84 Å². The number of ether oxygens (including phenoxy) is 1. The molecule has 0 amide bonds. The molecule has 90 valence electrons. The number of ketones is 1. The Morgan fingerprint density at radius 1 is 1.47 bits per heavy atom. The number of Topliss-reactive ketones (excluding diaryl/α,β-unsaturated/α-hetero) is 1. The fourth-order valence-electron chi connectivity index (χ4n) is 1.29. The molecule has 1 N–H and O–H groups in total. The van der Waals surface area contributed by atoms with E-state index in [2.05, 4.69) is 9.72 Å². The summed E-state index contributed by atoms with van der Waals surface area (Å²) in [6.07, 6.45) is 4.44. The standard InChI is InChI=1S/C12H13NO4/c1-8-3-9(6-13-5-8)4-10(12(15)16)11(14)7-17-2/h3-6H,7H2,1-2H3,(H,15,16). The summed E-state index contributed by atoms with van der Waals surface area (Å²) in [5.74, 6) is -1.84. The molecule has 0 aliphatic carbocycles. The minimum Gasteiger partial charge on any atom is -0.478 e. The summed E-state index contributed by atoms with van der Waals surface area (Å²) in [6, 6.07) is 1.75. The monoisotopic (exact) mass is 235 g/mol. The lowest BCUT2D eigenvalue weighted by Crippen LogP contribution is -2.16. The van der Waals surface area contributed by atoms with E-state index in [-0.39, 0.29) is 12.2 Å². The average Bonchev–Trinajstić information content (AvgIpc) is 2.26. The Morgan fingerprint density at radius 3 is 2.71 bits per heavy atom. The topological polar surface area (TPSA) is 76.5 Å². The number of methoxy groups -OCH3 is 1. The van der Waals surface area contributed by atoms with Crippen LogP contribution in [0.5, 0.6) is 0 Å². The highest BCUT2D eigenvalue weighted by Gasteiger charge is 2.16. The number of carbonyl (C=O) groups is 2. The van der Waals surface area contributed by atoms with Gasteiger partial charge in [-0.15, -0.1) is 0 Å². The fraction of sp³-hybridized carbons (Fsp3) is 0.250. The van der Waals surface area contributed by atoms with Gasteiger partial charge in [-0.3, -0.25) is 9.78 Å². The summed E-state index contributed by atoms with van der Waals surface area (Å²) < 4.78 is 4.63. The number of nitrogens with zero attached hydrogens (tertiary/aromatic N) is 1. The highest BCUT2D eigenvalue weighted by Crippen LogP contribution is 2.09. The predicted molar refractivity (Wildman–Crippen MR) is 61.5 cm³/mol. The van der Waals surface area contributed by atoms with Crippen molar-refractivity contribution in [2.75, 3.05) is 13.7 Å². The summed E-state index contributed by atoms with van der Waals surface area (Å²) in [5.41, 5.74) is 1.16. The number of aromatic nitrogens is 1. The maximum Gasteiger partial charge on any atom is 0.339 e. The van der Waals surface area contributed by atoms with Crippen LogP contribution >= 0.6 is 0 Å². The number of carbonyl (C=O) groups excluding carboxylic acids is 1. The smallest absolute Gasteiger partial charge is 0.339 e. The Kier molecular flexibility index (Phi) is 4.54. The van der Waals surface area contributed by atoms with E-state index in [1.54, 1.807) is 12.3 Å². The SMILES string of the molecule is COCC(=O)C(=Cc1cncc(C)c1)C(=O)O. The minimum absolute atomic E-state index is 0.253. The quantitative estimate of drug-likeness (QED) is 0.469. The zero-order valence-electron chi connectivity index (χ0n) is 9.64. The third-order valence-corrected chi connectivity index (χ3v) is 2.01. The van der Waals surface area contributed by atoms with Crippen molar-refractivity contribution in [2.24, 2.45) is 0 Å². The van der Waals surface area contributed by atoms with Gasteiger partial charge in [-0.05, 0) is 30.2 Å². The first kappa shape index (κ1) is 13.1. The molecule has 5 heteroatoms. The molecule has 0 radical (unpaired) electrons. The molecule has 17 heavy (non-hydrogen) atoms.